The van der Waals surface area contributed by atoms with E-state index in [1.54, 1.807) is 0 Å². The molecule has 1 aromatic heterocycles. The summed E-state index contributed by atoms with van der Waals surface area (Å²) in [4.78, 5) is 0. The molecule has 4 heteroatoms. The molecular formula is C15H26FN3. The second-order valence-corrected chi connectivity index (χ2v) is 6.09. The maximum Gasteiger partial charge on any atom is 0.110 e. The first kappa shape index (κ1) is 14.5. The van der Waals surface area contributed by atoms with Gasteiger partial charge >= 0.3 is 0 Å². The molecule has 2 unspecified atom stereocenters. The van der Waals surface area contributed by atoms with Gasteiger partial charge in [-0.05, 0) is 31.4 Å². The Bertz CT molecular complexity index is 382. The van der Waals surface area contributed by atoms with Crippen LogP contribution in [0.5, 0.6) is 0 Å². The molecule has 0 radical (unpaired) electrons. The number of nitrogens with zero attached hydrogens (tertiary/aromatic N) is 2. The molecule has 0 spiro atoms. The van der Waals surface area contributed by atoms with E-state index in [1.165, 1.54) is 25.7 Å². The van der Waals surface area contributed by atoms with E-state index >= 15 is 0 Å². The predicted molar refractivity (Wildman–Crippen MR) is 75.7 cm³/mol. The van der Waals surface area contributed by atoms with Crippen molar-refractivity contribution in [1.29, 1.82) is 0 Å². The number of halogens is 1. The summed E-state index contributed by atoms with van der Waals surface area (Å²) < 4.78 is 16.3. The lowest BCUT2D eigenvalue weighted by Gasteiger charge is -2.22. The fourth-order valence-corrected chi connectivity index (χ4v) is 3.05. The Morgan fingerprint density at radius 1 is 1.42 bits per heavy atom. The van der Waals surface area contributed by atoms with Crippen LogP contribution in [0, 0.1) is 11.8 Å². The highest BCUT2D eigenvalue weighted by Crippen LogP contribution is 2.29. The minimum absolute atomic E-state index is 0.0726. The molecule has 2 atom stereocenters. The van der Waals surface area contributed by atoms with Crippen molar-refractivity contribution in [2.75, 3.05) is 6.54 Å². The molecule has 1 aliphatic rings. The van der Waals surface area contributed by atoms with Crippen LogP contribution < -0.4 is 5.73 Å². The van der Waals surface area contributed by atoms with E-state index < -0.39 is 6.17 Å². The minimum atomic E-state index is -0.892. The van der Waals surface area contributed by atoms with Gasteiger partial charge in [-0.1, -0.05) is 26.7 Å². The largest absolute Gasteiger partial charge is 0.330 e. The molecule has 1 saturated carbocycles. The predicted octanol–water partition coefficient (Wildman–Crippen LogP) is 3.11. The second kappa shape index (κ2) is 6.51. The number of nitrogens with two attached hydrogens (primary N) is 1. The fraction of sp³-hybridized carbons (Fsp3) is 0.800. The highest BCUT2D eigenvalue weighted by molar-refractivity contribution is 5.02. The van der Waals surface area contributed by atoms with Gasteiger partial charge in [0.1, 0.15) is 6.17 Å². The van der Waals surface area contributed by atoms with Crippen LogP contribution in [0.15, 0.2) is 12.3 Å². The Morgan fingerprint density at radius 2 is 2.11 bits per heavy atom. The van der Waals surface area contributed by atoms with Crippen molar-refractivity contribution < 1.29 is 4.39 Å². The van der Waals surface area contributed by atoms with E-state index in [0.29, 0.717) is 19.0 Å². The number of aromatic nitrogens is 2. The first-order valence-electron chi connectivity index (χ1n) is 7.50. The Labute approximate surface area is 115 Å². The molecule has 108 valence electrons. The molecule has 1 heterocycles. The highest BCUT2D eigenvalue weighted by atomic mass is 19.1. The van der Waals surface area contributed by atoms with Gasteiger partial charge in [0.25, 0.3) is 0 Å². The topological polar surface area (TPSA) is 43.8 Å². The zero-order chi connectivity index (χ0) is 13.8. The summed E-state index contributed by atoms with van der Waals surface area (Å²) in [5.41, 5.74) is 6.53. The first-order valence-corrected chi connectivity index (χ1v) is 7.50. The SMILES string of the molecule is CC(C)C(CN)C(F)Cc1ccn(C2CCCC2)n1. The van der Waals surface area contributed by atoms with Crippen molar-refractivity contribution in [2.45, 2.75) is 58.2 Å². The van der Waals surface area contributed by atoms with Gasteiger partial charge in [0.05, 0.1) is 11.7 Å². The maximum absolute atomic E-state index is 14.3. The van der Waals surface area contributed by atoms with Gasteiger partial charge in [0.15, 0.2) is 0 Å². The van der Waals surface area contributed by atoms with Crippen LogP contribution in [-0.4, -0.2) is 22.5 Å². The highest BCUT2D eigenvalue weighted by Gasteiger charge is 2.24. The summed E-state index contributed by atoms with van der Waals surface area (Å²) in [6, 6.07) is 2.49. The average Bonchev–Trinajstić information content (AvgIpc) is 2.98. The van der Waals surface area contributed by atoms with Crippen molar-refractivity contribution in [3.05, 3.63) is 18.0 Å². The van der Waals surface area contributed by atoms with Crippen molar-refractivity contribution >= 4 is 0 Å². The van der Waals surface area contributed by atoms with Crippen molar-refractivity contribution in [3.8, 4) is 0 Å². The van der Waals surface area contributed by atoms with E-state index in [9.17, 15) is 4.39 Å². The molecule has 0 amide bonds. The van der Waals surface area contributed by atoms with E-state index in [-0.39, 0.29) is 11.8 Å². The molecular weight excluding hydrogens is 241 g/mol. The first-order chi connectivity index (χ1) is 9.11. The summed E-state index contributed by atoms with van der Waals surface area (Å²) in [6.07, 6.45) is 6.49. The minimum Gasteiger partial charge on any atom is -0.330 e. The molecule has 0 aromatic carbocycles. The monoisotopic (exact) mass is 267 g/mol. The normalized spacial score (nSPS) is 20.1. The summed E-state index contributed by atoms with van der Waals surface area (Å²) in [5, 5.41) is 4.54. The van der Waals surface area contributed by atoms with Crippen LogP contribution in [-0.2, 0) is 6.42 Å². The number of hydrogen-bond acceptors (Lipinski definition) is 2. The fourth-order valence-electron chi connectivity index (χ4n) is 3.05. The zero-order valence-electron chi connectivity index (χ0n) is 12.1. The zero-order valence-corrected chi connectivity index (χ0v) is 12.1. The molecule has 2 rings (SSSR count). The maximum atomic E-state index is 14.3. The van der Waals surface area contributed by atoms with Crippen LogP contribution in [0.1, 0.15) is 51.3 Å². The van der Waals surface area contributed by atoms with Crippen LogP contribution in [0.25, 0.3) is 0 Å². The third kappa shape index (κ3) is 3.56. The summed E-state index contributed by atoms with van der Waals surface area (Å²) >= 11 is 0. The van der Waals surface area contributed by atoms with Gasteiger partial charge in [0.2, 0.25) is 0 Å². The summed E-state index contributed by atoms with van der Waals surface area (Å²) in [6.45, 7) is 4.46. The van der Waals surface area contributed by atoms with Crippen LogP contribution in [0.4, 0.5) is 4.39 Å². The molecule has 1 aromatic rings. The lowest BCUT2D eigenvalue weighted by atomic mass is 9.89. The average molecular weight is 267 g/mol. The molecule has 0 bridgehead atoms. The smallest absolute Gasteiger partial charge is 0.110 e. The van der Waals surface area contributed by atoms with Crippen molar-refractivity contribution in [1.82, 2.24) is 9.78 Å². The standard InChI is InChI=1S/C15H26FN3/c1-11(2)14(10-17)15(16)9-12-7-8-19(18-12)13-5-3-4-6-13/h7-8,11,13-15H,3-6,9-10,17H2,1-2H3. The molecule has 1 fully saturated rings. The molecule has 3 nitrogen and oxygen atoms in total. The van der Waals surface area contributed by atoms with Gasteiger partial charge < -0.3 is 5.73 Å². The lowest BCUT2D eigenvalue weighted by Crippen LogP contribution is -2.30. The molecule has 19 heavy (non-hydrogen) atoms. The number of hydrogen-bond donors (Lipinski definition) is 1. The number of alkyl halides is 1. The van der Waals surface area contributed by atoms with E-state index in [2.05, 4.69) is 5.10 Å². The lowest BCUT2D eigenvalue weighted by molar-refractivity contribution is 0.184. The third-order valence-electron chi connectivity index (χ3n) is 4.36. The van der Waals surface area contributed by atoms with E-state index in [4.69, 9.17) is 5.73 Å². The Hall–Kier alpha value is -0.900. The Kier molecular flexibility index (Phi) is 4.97. The van der Waals surface area contributed by atoms with Crippen molar-refractivity contribution in [2.24, 2.45) is 17.6 Å². The quantitative estimate of drug-likeness (QED) is 0.860. The molecule has 1 aliphatic carbocycles. The van der Waals surface area contributed by atoms with Gasteiger partial charge in [-0.3, -0.25) is 4.68 Å². The van der Waals surface area contributed by atoms with E-state index in [0.717, 1.165) is 5.69 Å². The Morgan fingerprint density at radius 3 is 2.68 bits per heavy atom. The molecule has 0 saturated heterocycles. The summed E-state index contributed by atoms with van der Waals surface area (Å²) in [5.74, 6) is 0.202. The van der Waals surface area contributed by atoms with Gasteiger partial charge in [0, 0.05) is 18.5 Å². The second-order valence-electron chi connectivity index (χ2n) is 6.09. The molecule has 0 aliphatic heterocycles. The van der Waals surface area contributed by atoms with Crippen LogP contribution >= 0.6 is 0 Å². The van der Waals surface area contributed by atoms with Crippen LogP contribution in [0.2, 0.25) is 0 Å². The van der Waals surface area contributed by atoms with E-state index in [1.807, 2.05) is 30.8 Å². The Balaban J connectivity index is 1.95. The number of rotatable bonds is 6. The van der Waals surface area contributed by atoms with Crippen LogP contribution in [0.3, 0.4) is 0 Å². The third-order valence-corrected chi connectivity index (χ3v) is 4.36. The molecule has 2 N–H and O–H groups in total. The van der Waals surface area contributed by atoms with Gasteiger partial charge in [-0.2, -0.15) is 5.10 Å². The van der Waals surface area contributed by atoms with Gasteiger partial charge in [-0.25, -0.2) is 4.39 Å². The van der Waals surface area contributed by atoms with Crippen molar-refractivity contribution in [3.63, 3.8) is 0 Å². The van der Waals surface area contributed by atoms with Gasteiger partial charge in [-0.15, -0.1) is 0 Å². The summed E-state index contributed by atoms with van der Waals surface area (Å²) in [7, 11) is 0.